The zero-order valence-electron chi connectivity index (χ0n) is 17.4. The number of carbonyl (C=O) groups excluding carboxylic acids is 2. The van der Waals surface area contributed by atoms with Crippen LogP contribution in [-0.2, 0) is 11.2 Å². The highest BCUT2D eigenvalue weighted by molar-refractivity contribution is 6.30. The van der Waals surface area contributed by atoms with Gasteiger partial charge in [0.05, 0.1) is 26.2 Å². The molecule has 0 atom stereocenters. The van der Waals surface area contributed by atoms with Gasteiger partial charge in [-0.05, 0) is 48.0 Å². The van der Waals surface area contributed by atoms with Gasteiger partial charge in [-0.2, -0.15) is 0 Å². The van der Waals surface area contributed by atoms with Crippen LogP contribution in [0.2, 0.25) is 5.02 Å². The first-order valence-electron chi connectivity index (χ1n) is 9.72. The fourth-order valence-corrected chi connectivity index (χ4v) is 3.37. The largest absolute Gasteiger partial charge is 0.497 e. The molecular weight excluding hydrogens is 432 g/mol. The summed E-state index contributed by atoms with van der Waals surface area (Å²) in [7, 11) is 3.10. The SMILES string of the molecule is COc1ccc(/C=C2\Oc3cc(OC(=O)Cc4ccc(Cl)cc4)ccc3C2=O)c(OC)c1. The summed E-state index contributed by atoms with van der Waals surface area (Å²) in [5.74, 6) is 1.24. The van der Waals surface area contributed by atoms with Gasteiger partial charge >= 0.3 is 5.97 Å². The molecule has 1 aliphatic heterocycles. The van der Waals surface area contributed by atoms with Gasteiger partial charge in [0.1, 0.15) is 23.0 Å². The summed E-state index contributed by atoms with van der Waals surface area (Å²) in [6.45, 7) is 0. The monoisotopic (exact) mass is 450 g/mol. The van der Waals surface area contributed by atoms with E-state index in [1.54, 1.807) is 67.8 Å². The first kappa shape index (κ1) is 21.5. The normalized spacial score (nSPS) is 13.5. The molecule has 0 N–H and O–H groups in total. The lowest BCUT2D eigenvalue weighted by atomic mass is 10.1. The van der Waals surface area contributed by atoms with E-state index in [1.807, 2.05) is 0 Å². The lowest BCUT2D eigenvalue weighted by molar-refractivity contribution is -0.133. The summed E-state index contributed by atoms with van der Waals surface area (Å²) in [5.41, 5.74) is 1.84. The Morgan fingerprint density at radius 2 is 1.72 bits per heavy atom. The topological polar surface area (TPSA) is 71.1 Å². The van der Waals surface area contributed by atoms with E-state index in [4.69, 9.17) is 30.5 Å². The molecule has 32 heavy (non-hydrogen) atoms. The van der Waals surface area contributed by atoms with Gasteiger partial charge < -0.3 is 18.9 Å². The lowest BCUT2D eigenvalue weighted by Gasteiger charge is -2.08. The number of Topliss-reactive ketones (excluding diaryl/α,β-unsaturated/α-hetero) is 1. The summed E-state index contributed by atoms with van der Waals surface area (Å²) in [6, 6.07) is 16.9. The quantitative estimate of drug-likeness (QED) is 0.295. The Labute approximate surface area is 189 Å². The Morgan fingerprint density at radius 1 is 0.969 bits per heavy atom. The molecule has 1 aliphatic rings. The average Bonchev–Trinajstić information content (AvgIpc) is 3.10. The molecule has 0 fully saturated rings. The maximum Gasteiger partial charge on any atom is 0.315 e. The molecule has 0 unspecified atom stereocenters. The molecule has 162 valence electrons. The second-order valence-corrected chi connectivity index (χ2v) is 7.42. The molecule has 1 heterocycles. The standard InChI is InChI=1S/C25H19ClO6/c1-29-18-8-5-16(21(13-18)30-2)12-23-25(28)20-10-9-19(14-22(20)32-23)31-24(27)11-15-3-6-17(26)7-4-15/h3-10,12-14H,11H2,1-2H3/b23-12-. The van der Waals surface area contributed by atoms with E-state index in [9.17, 15) is 9.59 Å². The third-order valence-electron chi connectivity index (χ3n) is 4.86. The number of halogens is 1. The van der Waals surface area contributed by atoms with Crippen molar-refractivity contribution >= 4 is 29.4 Å². The van der Waals surface area contributed by atoms with Crippen molar-refractivity contribution in [2.45, 2.75) is 6.42 Å². The van der Waals surface area contributed by atoms with Crippen molar-refractivity contribution in [3.05, 3.63) is 88.1 Å². The molecule has 0 saturated heterocycles. The van der Waals surface area contributed by atoms with Crippen molar-refractivity contribution in [2.75, 3.05) is 14.2 Å². The average molecular weight is 451 g/mol. The zero-order valence-corrected chi connectivity index (χ0v) is 18.1. The molecule has 3 aromatic rings. The Balaban J connectivity index is 1.50. The van der Waals surface area contributed by atoms with E-state index in [0.717, 1.165) is 5.56 Å². The summed E-state index contributed by atoms with van der Waals surface area (Å²) >= 11 is 5.86. The number of allylic oxidation sites excluding steroid dienone is 1. The summed E-state index contributed by atoms with van der Waals surface area (Å²) in [5, 5.41) is 0.596. The van der Waals surface area contributed by atoms with Crippen LogP contribution in [0.3, 0.4) is 0 Å². The van der Waals surface area contributed by atoms with Crippen LogP contribution in [0, 0.1) is 0 Å². The van der Waals surface area contributed by atoms with Crippen molar-refractivity contribution in [1.29, 1.82) is 0 Å². The van der Waals surface area contributed by atoms with Gasteiger partial charge in [0.25, 0.3) is 0 Å². The van der Waals surface area contributed by atoms with Gasteiger partial charge in [-0.25, -0.2) is 0 Å². The second kappa shape index (κ2) is 9.16. The van der Waals surface area contributed by atoms with Crippen LogP contribution < -0.4 is 18.9 Å². The fourth-order valence-electron chi connectivity index (χ4n) is 3.25. The number of rotatable bonds is 6. The number of methoxy groups -OCH3 is 2. The molecule has 7 heteroatoms. The van der Waals surface area contributed by atoms with E-state index in [1.165, 1.54) is 13.2 Å². The number of ether oxygens (including phenoxy) is 4. The number of benzene rings is 3. The first-order chi connectivity index (χ1) is 15.5. The maximum absolute atomic E-state index is 12.7. The van der Waals surface area contributed by atoms with Gasteiger partial charge in [0, 0.05) is 22.7 Å². The van der Waals surface area contributed by atoms with Crippen LogP contribution in [0.15, 0.2) is 66.4 Å². The minimum Gasteiger partial charge on any atom is -0.497 e. The number of ketones is 1. The number of carbonyl (C=O) groups is 2. The minimum absolute atomic E-state index is 0.0937. The predicted octanol–water partition coefficient (Wildman–Crippen LogP) is 5.12. The lowest BCUT2D eigenvalue weighted by Crippen LogP contribution is -2.11. The fraction of sp³-hybridized carbons (Fsp3) is 0.120. The van der Waals surface area contributed by atoms with E-state index in [0.29, 0.717) is 39.1 Å². The Bertz CT molecular complexity index is 1210. The van der Waals surface area contributed by atoms with Gasteiger partial charge in [-0.15, -0.1) is 0 Å². The first-order valence-corrected chi connectivity index (χ1v) is 10.1. The van der Waals surface area contributed by atoms with Crippen molar-refractivity contribution in [3.8, 4) is 23.0 Å². The summed E-state index contributed by atoms with van der Waals surface area (Å²) in [6.07, 6.45) is 1.70. The summed E-state index contributed by atoms with van der Waals surface area (Å²) < 4.78 is 21.7. The Morgan fingerprint density at radius 3 is 2.44 bits per heavy atom. The molecule has 0 spiro atoms. The number of hydrogen-bond acceptors (Lipinski definition) is 6. The number of hydrogen-bond donors (Lipinski definition) is 0. The van der Waals surface area contributed by atoms with Crippen LogP contribution in [-0.4, -0.2) is 26.0 Å². The van der Waals surface area contributed by atoms with Crippen LogP contribution >= 0.6 is 11.6 Å². The molecular formula is C25H19ClO6. The molecule has 0 bridgehead atoms. The van der Waals surface area contributed by atoms with Crippen molar-refractivity contribution in [3.63, 3.8) is 0 Å². The molecule has 4 rings (SSSR count). The van der Waals surface area contributed by atoms with Gasteiger partial charge in [-0.1, -0.05) is 23.7 Å². The smallest absolute Gasteiger partial charge is 0.315 e. The maximum atomic E-state index is 12.7. The van der Waals surface area contributed by atoms with Gasteiger partial charge in [0.2, 0.25) is 5.78 Å². The highest BCUT2D eigenvalue weighted by Crippen LogP contribution is 2.36. The number of fused-ring (bicyclic) bond motifs is 1. The number of esters is 1. The molecule has 0 radical (unpaired) electrons. The zero-order chi connectivity index (χ0) is 22.7. The molecule has 0 aliphatic carbocycles. The minimum atomic E-state index is -0.435. The molecule has 3 aromatic carbocycles. The highest BCUT2D eigenvalue weighted by Gasteiger charge is 2.28. The van der Waals surface area contributed by atoms with Crippen molar-refractivity contribution in [1.82, 2.24) is 0 Å². The van der Waals surface area contributed by atoms with Gasteiger partial charge in [-0.3, -0.25) is 9.59 Å². The van der Waals surface area contributed by atoms with Crippen LogP contribution in [0.4, 0.5) is 0 Å². The second-order valence-electron chi connectivity index (χ2n) is 6.98. The predicted molar refractivity (Wildman–Crippen MR) is 120 cm³/mol. The van der Waals surface area contributed by atoms with E-state index < -0.39 is 5.97 Å². The summed E-state index contributed by atoms with van der Waals surface area (Å²) in [4.78, 5) is 25.0. The highest BCUT2D eigenvalue weighted by atomic mass is 35.5. The van der Waals surface area contributed by atoms with E-state index in [2.05, 4.69) is 0 Å². The van der Waals surface area contributed by atoms with Crippen LogP contribution in [0.5, 0.6) is 23.0 Å². The van der Waals surface area contributed by atoms with Gasteiger partial charge in [0.15, 0.2) is 5.76 Å². The Kier molecular flexibility index (Phi) is 6.14. The third kappa shape index (κ3) is 4.60. The van der Waals surface area contributed by atoms with Crippen molar-refractivity contribution < 1.29 is 28.5 Å². The molecule has 0 amide bonds. The van der Waals surface area contributed by atoms with Crippen LogP contribution in [0.1, 0.15) is 21.5 Å². The van der Waals surface area contributed by atoms with Crippen LogP contribution in [0.25, 0.3) is 6.08 Å². The molecule has 0 aromatic heterocycles. The third-order valence-corrected chi connectivity index (χ3v) is 5.11. The van der Waals surface area contributed by atoms with E-state index >= 15 is 0 Å². The molecule has 0 saturated carbocycles. The van der Waals surface area contributed by atoms with E-state index in [-0.39, 0.29) is 18.0 Å². The van der Waals surface area contributed by atoms with Crippen molar-refractivity contribution in [2.24, 2.45) is 0 Å². The molecule has 6 nitrogen and oxygen atoms in total. The Hall–Kier alpha value is -3.77.